The molecule has 2 heteroatoms. The summed E-state index contributed by atoms with van der Waals surface area (Å²) in [5.41, 5.74) is 0.187. The molecule has 0 aromatic heterocycles. The Morgan fingerprint density at radius 1 is 0.533 bits per heavy atom. The van der Waals surface area contributed by atoms with Crippen molar-refractivity contribution in [2.75, 3.05) is 0 Å². The third kappa shape index (κ3) is 15.5. The van der Waals surface area contributed by atoms with Crippen LogP contribution in [-0.4, -0.2) is 28.5 Å². The van der Waals surface area contributed by atoms with Crippen molar-refractivity contribution in [2.45, 2.75) is 175 Å². The number of hydrogen-bond acceptors (Lipinski definition) is 1. The summed E-state index contributed by atoms with van der Waals surface area (Å²) in [5.74, 6) is 0.772. The second-order valence-corrected chi connectivity index (χ2v) is 10.4. The summed E-state index contributed by atoms with van der Waals surface area (Å²) in [6, 6.07) is 0. The standard InChI is InChI=1S/C28H57O.Sn/c1-5-9-12-15-18-21-24-27(8-4)28(29,25-22-19-16-13-10-6-2)26-23-20-17-14-11-7-3;/h27H,5-26H2,1-4H3;/q-1;+1. The van der Waals surface area contributed by atoms with Gasteiger partial charge in [0.05, 0.1) is 0 Å². The fraction of sp³-hybridized carbons (Fsp3) is 1.00. The number of hydrogen-bond donors (Lipinski definition) is 0. The Bertz CT molecular complexity index is 315. The van der Waals surface area contributed by atoms with E-state index in [1.165, 1.54) is 164 Å². The summed E-state index contributed by atoms with van der Waals surface area (Å²) in [4.78, 5) is 0. The third-order valence-corrected chi connectivity index (χ3v) is 8.41. The van der Waals surface area contributed by atoms with E-state index in [1.54, 1.807) is 0 Å². The van der Waals surface area contributed by atoms with Crippen LogP contribution in [0.3, 0.4) is 0 Å². The minimum absolute atomic E-state index is 0.187. The van der Waals surface area contributed by atoms with E-state index in [1.807, 2.05) is 0 Å². The van der Waals surface area contributed by atoms with Crippen LogP contribution >= 0.6 is 0 Å². The second-order valence-electron chi connectivity index (χ2n) is 9.86. The van der Waals surface area contributed by atoms with Crippen molar-refractivity contribution in [2.24, 2.45) is 5.92 Å². The summed E-state index contributed by atoms with van der Waals surface area (Å²) in [6.45, 7) is 9.36. The van der Waals surface area contributed by atoms with E-state index < -0.39 is 0 Å². The normalized spacial score (nSPS) is 13.1. The molecular formula is C28H57OSn. The quantitative estimate of drug-likeness (QED) is 0.0895. The Labute approximate surface area is 205 Å². The van der Waals surface area contributed by atoms with Gasteiger partial charge in [0.2, 0.25) is 0 Å². The molecule has 0 rings (SSSR count). The SMILES string of the molecule is CCCCCCCCC(CC)C(CCCCCCCC)(CCCCCCCC)[O][Sn]. The molecule has 0 aromatic rings. The van der Waals surface area contributed by atoms with E-state index in [2.05, 4.69) is 27.7 Å². The minimum atomic E-state index is 0.187. The van der Waals surface area contributed by atoms with Crippen LogP contribution in [0.4, 0.5) is 0 Å². The van der Waals surface area contributed by atoms with Crippen LogP contribution in [0, 0.1) is 5.92 Å². The van der Waals surface area contributed by atoms with Gasteiger partial charge in [0, 0.05) is 0 Å². The van der Waals surface area contributed by atoms with E-state index in [-0.39, 0.29) is 5.60 Å². The van der Waals surface area contributed by atoms with Gasteiger partial charge in [0.1, 0.15) is 0 Å². The first-order chi connectivity index (χ1) is 14.7. The number of unbranched alkanes of at least 4 members (excludes halogenated alkanes) is 15. The zero-order valence-corrected chi connectivity index (χ0v) is 24.4. The summed E-state index contributed by atoms with van der Waals surface area (Å²) >= 11 is 1.30. The predicted molar refractivity (Wildman–Crippen MR) is 137 cm³/mol. The fourth-order valence-electron chi connectivity index (χ4n) is 5.14. The molecule has 0 saturated carbocycles. The molecular weight excluding hydrogens is 471 g/mol. The Balaban J connectivity index is 4.65. The van der Waals surface area contributed by atoms with E-state index in [9.17, 15) is 0 Å². The number of rotatable bonds is 24. The maximum absolute atomic E-state index is 6.53. The average Bonchev–Trinajstić information content (AvgIpc) is 2.77. The molecule has 3 radical (unpaired) electrons. The van der Waals surface area contributed by atoms with Crippen molar-refractivity contribution in [3.8, 4) is 0 Å². The maximum atomic E-state index is 6.53. The van der Waals surface area contributed by atoms with Gasteiger partial charge >= 0.3 is 206 Å². The molecule has 179 valence electrons. The molecule has 0 aliphatic heterocycles. The van der Waals surface area contributed by atoms with Crippen molar-refractivity contribution < 1.29 is 3.07 Å². The zero-order chi connectivity index (χ0) is 22.3. The van der Waals surface area contributed by atoms with Gasteiger partial charge in [-0.2, -0.15) is 0 Å². The van der Waals surface area contributed by atoms with Gasteiger partial charge in [-0.3, -0.25) is 0 Å². The molecule has 0 N–H and O–H groups in total. The molecule has 0 bridgehead atoms. The zero-order valence-electron chi connectivity index (χ0n) is 21.5. The Hall–Kier alpha value is 0.759. The Kier molecular flexibility index (Phi) is 23.5. The molecule has 0 heterocycles. The van der Waals surface area contributed by atoms with Crippen LogP contribution in [-0.2, 0) is 3.07 Å². The fourth-order valence-corrected chi connectivity index (χ4v) is 6.20. The van der Waals surface area contributed by atoms with Crippen LogP contribution in [0.15, 0.2) is 0 Å². The van der Waals surface area contributed by atoms with Gasteiger partial charge in [0.25, 0.3) is 0 Å². The van der Waals surface area contributed by atoms with Gasteiger partial charge in [0.15, 0.2) is 0 Å². The predicted octanol–water partition coefficient (Wildman–Crippen LogP) is 10.1. The van der Waals surface area contributed by atoms with Crippen molar-refractivity contribution in [3.63, 3.8) is 0 Å². The first-order valence-corrected chi connectivity index (χ1v) is 15.2. The van der Waals surface area contributed by atoms with Crippen LogP contribution < -0.4 is 0 Å². The average molecular weight is 528 g/mol. The first kappa shape index (κ1) is 30.8. The van der Waals surface area contributed by atoms with Crippen molar-refractivity contribution in [3.05, 3.63) is 0 Å². The van der Waals surface area contributed by atoms with Gasteiger partial charge in [-0.1, -0.05) is 0 Å². The van der Waals surface area contributed by atoms with Gasteiger partial charge < -0.3 is 0 Å². The molecule has 0 amide bonds. The molecule has 0 fully saturated rings. The molecule has 0 saturated heterocycles. The monoisotopic (exact) mass is 529 g/mol. The Morgan fingerprint density at radius 2 is 0.900 bits per heavy atom. The first-order valence-electron chi connectivity index (χ1n) is 14.0. The van der Waals surface area contributed by atoms with E-state index >= 15 is 0 Å². The van der Waals surface area contributed by atoms with Gasteiger partial charge in [-0.25, -0.2) is 0 Å². The molecule has 1 atom stereocenters. The summed E-state index contributed by atoms with van der Waals surface area (Å²) < 4.78 is 6.53. The molecule has 0 aliphatic carbocycles. The van der Waals surface area contributed by atoms with Gasteiger partial charge in [-0.05, 0) is 0 Å². The molecule has 30 heavy (non-hydrogen) atoms. The molecule has 1 unspecified atom stereocenters. The van der Waals surface area contributed by atoms with Crippen LogP contribution in [0.2, 0.25) is 0 Å². The van der Waals surface area contributed by atoms with E-state index in [0.29, 0.717) is 0 Å². The molecule has 0 aliphatic rings. The topological polar surface area (TPSA) is 9.23 Å². The third-order valence-electron chi connectivity index (χ3n) is 7.25. The van der Waals surface area contributed by atoms with Crippen LogP contribution in [0.1, 0.15) is 169 Å². The molecule has 1 nitrogen and oxygen atoms in total. The van der Waals surface area contributed by atoms with E-state index in [4.69, 9.17) is 3.07 Å². The second kappa shape index (κ2) is 22.9. The van der Waals surface area contributed by atoms with E-state index in [0.717, 1.165) is 5.92 Å². The van der Waals surface area contributed by atoms with Gasteiger partial charge in [-0.15, -0.1) is 0 Å². The Morgan fingerprint density at radius 3 is 1.27 bits per heavy atom. The summed E-state index contributed by atoms with van der Waals surface area (Å²) in [6.07, 6.45) is 30.6. The van der Waals surface area contributed by atoms with Crippen molar-refractivity contribution in [1.29, 1.82) is 0 Å². The summed E-state index contributed by atoms with van der Waals surface area (Å²) in [7, 11) is 0. The molecule has 0 aromatic carbocycles. The van der Waals surface area contributed by atoms with Crippen molar-refractivity contribution in [1.82, 2.24) is 0 Å². The summed E-state index contributed by atoms with van der Waals surface area (Å²) in [5, 5.41) is 0. The molecule has 0 spiro atoms. The van der Waals surface area contributed by atoms with Crippen LogP contribution in [0.25, 0.3) is 0 Å². The van der Waals surface area contributed by atoms with Crippen LogP contribution in [0.5, 0.6) is 0 Å². The van der Waals surface area contributed by atoms with Crippen molar-refractivity contribution >= 4 is 22.9 Å².